The van der Waals surface area contributed by atoms with Crippen molar-refractivity contribution in [1.82, 2.24) is 4.98 Å². The Morgan fingerprint density at radius 3 is 2.95 bits per heavy atom. The molecule has 1 aliphatic carbocycles. The van der Waals surface area contributed by atoms with E-state index < -0.39 is 5.60 Å². The molecule has 0 spiro atoms. The van der Waals surface area contributed by atoms with Crippen LogP contribution in [-0.4, -0.2) is 16.7 Å². The fourth-order valence-electron chi connectivity index (χ4n) is 3.10. The molecule has 2 unspecified atom stereocenters. The summed E-state index contributed by atoms with van der Waals surface area (Å²) in [6.45, 7) is 4.94. The second-order valence-corrected chi connectivity index (χ2v) is 5.53. The lowest BCUT2D eigenvalue weighted by molar-refractivity contribution is -0.0561. The Bertz CT molecular complexity index is 407. The molecule has 0 amide bonds. The number of hydrogen-bond acceptors (Lipinski definition) is 3. The summed E-state index contributed by atoms with van der Waals surface area (Å²) in [5, 5.41) is 11.1. The highest BCUT2D eigenvalue weighted by molar-refractivity contribution is 5.29. The molecule has 0 radical (unpaired) electrons. The zero-order valence-corrected chi connectivity index (χ0v) is 12.1. The van der Waals surface area contributed by atoms with Gasteiger partial charge in [-0.2, -0.15) is 0 Å². The molecule has 1 aliphatic rings. The van der Waals surface area contributed by atoms with Crippen LogP contribution < -0.4 is 4.74 Å². The lowest BCUT2D eigenvalue weighted by Gasteiger charge is -2.40. The van der Waals surface area contributed by atoms with Crippen LogP contribution in [0.2, 0.25) is 0 Å². The van der Waals surface area contributed by atoms with Gasteiger partial charge in [0.25, 0.3) is 0 Å². The Morgan fingerprint density at radius 1 is 1.37 bits per heavy atom. The minimum atomic E-state index is -0.717. The van der Waals surface area contributed by atoms with Crippen molar-refractivity contribution in [3.63, 3.8) is 0 Å². The Balaban J connectivity index is 2.23. The van der Waals surface area contributed by atoms with Crippen LogP contribution in [-0.2, 0) is 5.60 Å². The molecule has 3 nitrogen and oxygen atoms in total. The third-order valence-corrected chi connectivity index (χ3v) is 4.21. The predicted molar refractivity (Wildman–Crippen MR) is 76.2 cm³/mol. The molecular formula is C16H25NO2. The molecule has 2 atom stereocenters. The molecule has 1 aromatic rings. The van der Waals surface area contributed by atoms with Crippen molar-refractivity contribution >= 4 is 0 Å². The van der Waals surface area contributed by atoms with E-state index in [0.29, 0.717) is 12.5 Å². The monoisotopic (exact) mass is 263 g/mol. The Hall–Kier alpha value is -1.09. The first kappa shape index (κ1) is 14.3. The minimum Gasteiger partial charge on any atom is -0.492 e. The molecule has 106 valence electrons. The zero-order valence-electron chi connectivity index (χ0n) is 12.1. The van der Waals surface area contributed by atoms with Gasteiger partial charge in [-0.3, -0.25) is 4.98 Å². The minimum absolute atomic E-state index is 0.337. The van der Waals surface area contributed by atoms with E-state index in [2.05, 4.69) is 18.8 Å². The van der Waals surface area contributed by atoms with Crippen LogP contribution in [0.25, 0.3) is 0 Å². The molecule has 0 aliphatic heterocycles. The van der Waals surface area contributed by atoms with Gasteiger partial charge in [0.05, 0.1) is 18.4 Å². The molecule has 0 aromatic carbocycles. The number of pyridine rings is 1. The van der Waals surface area contributed by atoms with E-state index in [-0.39, 0.29) is 0 Å². The van der Waals surface area contributed by atoms with Gasteiger partial charge >= 0.3 is 0 Å². The highest BCUT2D eigenvalue weighted by Crippen LogP contribution is 2.43. The zero-order chi connectivity index (χ0) is 13.7. The van der Waals surface area contributed by atoms with Crippen LogP contribution in [0.4, 0.5) is 0 Å². The second kappa shape index (κ2) is 6.38. The fraction of sp³-hybridized carbons (Fsp3) is 0.688. The van der Waals surface area contributed by atoms with Crippen molar-refractivity contribution in [2.45, 2.75) is 58.0 Å². The summed E-state index contributed by atoms with van der Waals surface area (Å²) in [5.41, 5.74) is 0.207. The van der Waals surface area contributed by atoms with Gasteiger partial charge in [0.15, 0.2) is 0 Å². The quantitative estimate of drug-likeness (QED) is 0.881. The molecule has 3 heteroatoms. The number of aromatic nitrogens is 1. The van der Waals surface area contributed by atoms with E-state index in [1.807, 2.05) is 6.07 Å². The molecule has 1 N–H and O–H groups in total. The SMILES string of the molecule is CCCOc1cncc(C2(O)CCCCC2CC)c1. The van der Waals surface area contributed by atoms with Gasteiger partial charge in [0, 0.05) is 11.8 Å². The van der Waals surface area contributed by atoms with E-state index in [1.54, 1.807) is 12.4 Å². The molecular weight excluding hydrogens is 238 g/mol. The summed E-state index contributed by atoms with van der Waals surface area (Å²) in [7, 11) is 0. The van der Waals surface area contributed by atoms with Crippen LogP contribution in [0.1, 0.15) is 57.9 Å². The van der Waals surface area contributed by atoms with Crippen LogP contribution in [0, 0.1) is 5.92 Å². The molecule has 0 bridgehead atoms. The summed E-state index contributed by atoms with van der Waals surface area (Å²) in [6.07, 6.45) is 9.77. The summed E-state index contributed by atoms with van der Waals surface area (Å²) in [6, 6.07) is 1.97. The Morgan fingerprint density at radius 2 is 2.21 bits per heavy atom. The summed E-state index contributed by atoms with van der Waals surface area (Å²) < 4.78 is 5.63. The number of hydrogen-bond donors (Lipinski definition) is 1. The third kappa shape index (κ3) is 3.08. The predicted octanol–water partition coefficient (Wildman–Crippen LogP) is 3.66. The molecule has 1 saturated carbocycles. The molecule has 1 fully saturated rings. The summed E-state index contributed by atoms with van der Waals surface area (Å²) in [4.78, 5) is 4.24. The number of ether oxygens (including phenoxy) is 1. The first-order chi connectivity index (χ1) is 9.20. The van der Waals surface area contributed by atoms with Gasteiger partial charge in [0.1, 0.15) is 5.75 Å². The highest BCUT2D eigenvalue weighted by atomic mass is 16.5. The van der Waals surface area contributed by atoms with Crippen molar-refractivity contribution in [1.29, 1.82) is 0 Å². The van der Waals surface area contributed by atoms with E-state index >= 15 is 0 Å². The van der Waals surface area contributed by atoms with Gasteiger partial charge in [0.2, 0.25) is 0 Å². The Kier molecular flexibility index (Phi) is 4.81. The van der Waals surface area contributed by atoms with E-state index in [9.17, 15) is 5.11 Å². The van der Waals surface area contributed by atoms with E-state index in [0.717, 1.165) is 43.4 Å². The normalized spacial score (nSPS) is 27.2. The maximum absolute atomic E-state index is 11.1. The molecule has 1 aromatic heterocycles. The lowest BCUT2D eigenvalue weighted by Crippen LogP contribution is -2.37. The molecule has 2 rings (SSSR count). The van der Waals surface area contributed by atoms with Crippen LogP contribution in [0.15, 0.2) is 18.5 Å². The first-order valence-corrected chi connectivity index (χ1v) is 7.51. The van der Waals surface area contributed by atoms with Crippen molar-refractivity contribution in [3.8, 4) is 5.75 Å². The third-order valence-electron chi connectivity index (χ3n) is 4.21. The van der Waals surface area contributed by atoms with Gasteiger partial charge in [-0.1, -0.05) is 33.1 Å². The molecule has 0 saturated heterocycles. The van der Waals surface area contributed by atoms with Gasteiger partial charge < -0.3 is 9.84 Å². The largest absolute Gasteiger partial charge is 0.492 e. The maximum Gasteiger partial charge on any atom is 0.137 e. The topological polar surface area (TPSA) is 42.4 Å². The van der Waals surface area contributed by atoms with E-state index in [1.165, 1.54) is 6.42 Å². The van der Waals surface area contributed by atoms with Crippen LogP contribution in [0.3, 0.4) is 0 Å². The number of nitrogens with zero attached hydrogens (tertiary/aromatic N) is 1. The second-order valence-electron chi connectivity index (χ2n) is 5.53. The molecule has 1 heterocycles. The number of aliphatic hydroxyl groups is 1. The first-order valence-electron chi connectivity index (χ1n) is 7.51. The maximum atomic E-state index is 11.1. The number of rotatable bonds is 5. The van der Waals surface area contributed by atoms with Crippen molar-refractivity contribution in [3.05, 3.63) is 24.0 Å². The summed E-state index contributed by atoms with van der Waals surface area (Å²) in [5.74, 6) is 1.11. The van der Waals surface area contributed by atoms with Crippen LogP contribution >= 0.6 is 0 Å². The fourth-order valence-corrected chi connectivity index (χ4v) is 3.10. The average Bonchev–Trinajstić information content (AvgIpc) is 2.46. The van der Waals surface area contributed by atoms with Crippen molar-refractivity contribution in [2.75, 3.05) is 6.61 Å². The van der Waals surface area contributed by atoms with Gasteiger partial charge in [-0.15, -0.1) is 0 Å². The standard InChI is InChI=1S/C16H25NO2/c1-3-9-19-15-10-14(11-17-12-15)16(18)8-6-5-7-13(16)4-2/h10-13,18H,3-9H2,1-2H3. The average molecular weight is 263 g/mol. The lowest BCUT2D eigenvalue weighted by atomic mass is 9.71. The van der Waals surface area contributed by atoms with Crippen LogP contribution in [0.5, 0.6) is 5.75 Å². The van der Waals surface area contributed by atoms with Gasteiger partial charge in [-0.25, -0.2) is 0 Å². The molecule has 19 heavy (non-hydrogen) atoms. The van der Waals surface area contributed by atoms with E-state index in [4.69, 9.17) is 4.74 Å². The van der Waals surface area contributed by atoms with Crippen molar-refractivity contribution in [2.24, 2.45) is 5.92 Å². The smallest absolute Gasteiger partial charge is 0.137 e. The Labute approximate surface area is 116 Å². The van der Waals surface area contributed by atoms with Crippen molar-refractivity contribution < 1.29 is 9.84 Å². The van der Waals surface area contributed by atoms with Gasteiger partial charge in [-0.05, 0) is 31.2 Å². The highest BCUT2D eigenvalue weighted by Gasteiger charge is 2.39. The summed E-state index contributed by atoms with van der Waals surface area (Å²) >= 11 is 0.